The quantitative estimate of drug-likeness (QED) is 0.671. The third kappa shape index (κ3) is 5.25. The Morgan fingerprint density at radius 3 is 2.84 bits per heavy atom. The van der Waals surface area contributed by atoms with E-state index in [1.54, 1.807) is 7.11 Å². The van der Waals surface area contributed by atoms with Crippen molar-refractivity contribution in [3.8, 4) is 17.0 Å². The van der Waals surface area contributed by atoms with Crippen molar-refractivity contribution in [1.82, 2.24) is 20.3 Å². The highest BCUT2D eigenvalue weighted by Crippen LogP contribution is 2.29. The van der Waals surface area contributed by atoms with Crippen LogP contribution in [0.15, 0.2) is 30.5 Å². The van der Waals surface area contributed by atoms with E-state index in [9.17, 15) is 9.90 Å². The van der Waals surface area contributed by atoms with Crippen LogP contribution in [-0.4, -0.2) is 58.0 Å². The van der Waals surface area contributed by atoms with Gasteiger partial charge < -0.3 is 19.9 Å². The Morgan fingerprint density at radius 1 is 1.26 bits per heavy atom. The summed E-state index contributed by atoms with van der Waals surface area (Å²) in [6, 6.07) is 7.63. The Kier molecular flexibility index (Phi) is 7.19. The molecule has 2 aliphatic rings. The maximum atomic E-state index is 12.5. The lowest BCUT2D eigenvalue weighted by atomic mass is 9.96. The molecule has 168 valence electrons. The lowest BCUT2D eigenvalue weighted by molar-refractivity contribution is -0.132. The van der Waals surface area contributed by atoms with Gasteiger partial charge in [0.1, 0.15) is 17.5 Å². The summed E-state index contributed by atoms with van der Waals surface area (Å²) in [4.78, 5) is 12.5. The molecule has 2 fully saturated rings. The van der Waals surface area contributed by atoms with Crippen molar-refractivity contribution >= 4 is 5.91 Å². The molecule has 1 amide bonds. The average Bonchev–Trinajstić information content (AvgIpc) is 3.51. The number of aromatic nitrogens is 3. The van der Waals surface area contributed by atoms with E-state index in [4.69, 9.17) is 9.47 Å². The van der Waals surface area contributed by atoms with Crippen molar-refractivity contribution in [2.45, 2.75) is 69.7 Å². The predicted molar refractivity (Wildman–Crippen MR) is 115 cm³/mol. The number of rotatable bonds is 8. The smallest absolute Gasteiger partial charge is 0.223 e. The van der Waals surface area contributed by atoms with Crippen LogP contribution >= 0.6 is 0 Å². The van der Waals surface area contributed by atoms with E-state index >= 15 is 0 Å². The lowest BCUT2D eigenvalue weighted by Gasteiger charge is -2.36. The number of nitrogens with one attached hydrogen (secondary N) is 1. The number of carbonyl (C=O) groups excluding carboxylic acids is 1. The second kappa shape index (κ2) is 10.2. The van der Waals surface area contributed by atoms with Crippen molar-refractivity contribution in [3.05, 3.63) is 30.5 Å². The van der Waals surface area contributed by atoms with Gasteiger partial charge in [0.15, 0.2) is 0 Å². The topological polar surface area (TPSA) is 98.5 Å². The van der Waals surface area contributed by atoms with E-state index in [2.05, 4.69) is 15.6 Å². The van der Waals surface area contributed by atoms with Gasteiger partial charge in [-0.1, -0.05) is 30.2 Å². The first-order chi connectivity index (χ1) is 15.2. The first-order valence-electron chi connectivity index (χ1n) is 11.3. The summed E-state index contributed by atoms with van der Waals surface area (Å²) in [5.41, 5.74) is 1.68. The minimum absolute atomic E-state index is 0.0238. The number of ether oxygens (including phenoxy) is 2. The van der Waals surface area contributed by atoms with E-state index in [0.717, 1.165) is 62.0 Å². The van der Waals surface area contributed by atoms with Crippen LogP contribution in [0.1, 0.15) is 44.9 Å². The highest BCUT2D eigenvalue weighted by atomic mass is 16.5. The number of methoxy groups -OCH3 is 1. The van der Waals surface area contributed by atoms with Gasteiger partial charge >= 0.3 is 0 Å². The summed E-state index contributed by atoms with van der Waals surface area (Å²) >= 11 is 0. The number of amides is 1. The molecule has 1 aliphatic heterocycles. The van der Waals surface area contributed by atoms with Crippen molar-refractivity contribution in [2.75, 3.05) is 13.7 Å². The highest BCUT2D eigenvalue weighted by Gasteiger charge is 2.33. The summed E-state index contributed by atoms with van der Waals surface area (Å²) in [6.07, 6.45) is 8.22. The molecule has 2 heterocycles. The molecule has 1 saturated heterocycles. The molecule has 1 saturated carbocycles. The Labute approximate surface area is 182 Å². The van der Waals surface area contributed by atoms with Crippen LogP contribution < -0.4 is 10.1 Å². The van der Waals surface area contributed by atoms with Crippen LogP contribution in [0, 0.1) is 5.92 Å². The number of para-hydroxylation sites is 1. The van der Waals surface area contributed by atoms with Crippen molar-refractivity contribution in [1.29, 1.82) is 0 Å². The number of aliphatic hydroxyl groups is 1. The van der Waals surface area contributed by atoms with Gasteiger partial charge in [-0.3, -0.25) is 9.48 Å². The zero-order valence-electron chi connectivity index (χ0n) is 18.1. The van der Waals surface area contributed by atoms with Gasteiger partial charge in [0, 0.05) is 18.0 Å². The number of hydrogen-bond acceptors (Lipinski definition) is 6. The molecule has 4 rings (SSSR count). The van der Waals surface area contributed by atoms with Crippen molar-refractivity contribution in [3.63, 3.8) is 0 Å². The normalized spacial score (nSPS) is 24.3. The molecule has 0 spiro atoms. The Hall–Kier alpha value is -2.45. The predicted octanol–water partition coefficient (Wildman–Crippen LogP) is 2.56. The molecule has 2 aromatic rings. The van der Waals surface area contributed by atoms with Crippen LogP contribution in [0.2, 0.25) is 0 Å². The summed E-state index contributed by atoms with van der Waals surface area (Å²) in [5, 5.41) is 21.4. The van der Waals surface area contributed by atoms with E-state index in [0.29, 0.717) is 6.54 Å². The lowest BCUT2D eigenvalue weighted by Crippen LogP contribution is -2.52. The van der Waals surface area contributed by atoms with Gasteiger partial charge in [-0.15, -0.1) is 5.10 Å². The van der Waals surface area contributed by atoms with E-state index < -0.39 is 0 Å². The number of hydrogen-bond donors (Lipinski definition) is 2. The van der Waals surface area contributed by atoms with E-state index in [1.807, 2.05) is 35.1 Å². The molecule has 3 atom stereocenters. The Morgan fingerprint density at radius 2 is 2.06 bits per heavy atom. The zero-order valence-corrected chi connectivity index (χ0v) is 18.1. The monoisotopic (exact) mass is 428 g/mol. The summed E-state index contributed by atoms with van der Waals surface area (Å²) in [5.74, 6) is 1.01. The fraction of sp³-hybridized carbons (Fsp3) is 0.609. The molecular weight excluding hydrogens is 396 g/mol. The molecule has 0 bridgehead atoms. The van der Waals surface area contributed by atoms with Crippen LogP contribution in [0.25, 0.3) is 11.3 Å². The number of benzene rings is 1. The van der Waals surface area contributed by atoms with Crippen LogP contribution in [-0.2, 0) is 16.1 Å². The van der Waals surface area contributed by atoms with E-state index in [1.165, 1.54) is 0 Å². The molecule has 0 unspecified atom stereocenters. The van der Waals surface area contributed by atoms with Gasteiger partial charge in [0.2, 0.25) is 5.91 Å². The molecule has 8 nitrogen and oxygen atoms in total. The maximum Gasteiger partial charge on any atom is 0.223 e. The van der Waals surface area contributed by atoms with Crippen molar-refractivity contribution in [2.24, 2.45) is 5.92 Å². The maximum absolute atomic E-state index is 12.5. The van der Waals surface area contributed by atoms with Gasteiger partial charge in [-0.05, 0) is 44.2 Å². The third-order valence-electron chi connectivity index (χ3n) is 6.45. The van der Waals surface area contributed by atoms with Crippen molar-refractivity contribution < 1.29 is 19.4 Å². The number of aliphatic hydroxyl groups excluding tert-OH is 1. The number of carbonyl (C=O) groups is 1. The second-order valence-corrected chi connectivity index (χ2v) is 8.51. The highest BCUT2D eigenvalue weighted by molar-refractivity contribution is 5.79. The molecular formula is C23H32N4O4. The van der Waals surface area contributed by atoms with Gasteiger partial charge in [0.05, 0.1) is 32.1 Å². The van der Waals surface area contributed by atoms with Crippen LogP contribution in [0.5, 0.6) is 5.75 Å². The largest absolute Gasteiger partial charge is 0.496 e. The molecule has 2 N–H and O–H groups in total. The Balaban J connectivity index is 1.29. The first-order valence-corrected chi connectivity index (χ1v) is 11.3. The molecule has 0 radical (unpaired) electrons. The van der Waals surface area contributed by atoms with Crippen LogP contribution in [0.3, 0.4) is 0 Å². The van der Waals surface area contributed by atoms with Gasteiger partial charge in [-0.2, -0.15) is 0 Å². The standard InChI is InChI=1S/C23H32N4O4/c1-30-21-9-5-4-8-18(21)20-14-27(26-25-20)13-12-17-10-11-19(22(15-28)31-17)24-23(29)16-6-2-3-7-16/h4-5,8-9,14,16-17,19,22,28H,2-3,6-7,10-13,15H2,1H3,(H,24,29)/t17-,19+,22+/m0/s1. The molecule has 31 heavy (non-hydrogen) atoms. The zero-order chi connectivity index (χ0) is 21.6. The first kappa shape index (κ1) is 21.8. The van der Waals surface area contributed by atoms with Gasteiger partial charge in [-0.25, -0.2) is 0 Å². The van der Waals surface area contributed by atoms with Crippen LogP contribution in [0.4, 0.5) is 0 Å². The number of aryl methyl sites for hydroxylation is 1. The fourth-order valence-electron chi connectivity index (χ4n) is 4.66. The minimum atomic E-state index is -0.357. The molecule has 8 heteroatoms. The average molecular weight is 429 g/mol. The molecule has 1 aromatic carbocycles. The SMILES string of the molecule is COc1ccccc1-c1cn(CC[C@@H]2CC[C@@H](NC(=O)C3CCCC3)[C@@H](CO)O2)nn1. The summed E-state index contributed by atoms with van der Waals surface area (Å²) < 4.78 is 13.3. The van der Waals surface area contributed by atoms with Gasteiger partial charge in [0.25, 0.3) is 0 Å². The van der Waals surface area contributed by atoms with E-state index in [-0.39, 0.29) is 36.7 Å². The number of nitrogens with zero attached hydrogens (tertiary/aromatic N) is 3. The Bertz CT molecular complexity index is 865. The summed E-state index contributed by atoms with van der Waals surface area (Å²) in [6.45, 7) is 0.581. The third-order valence-corrected chi connectivity index (χ3v) is 6.45. The second-order valence-electron chi connectivity index (χ2n) is 8.51. The molecule has 1 aromatic heterocycles. The fourth-order valence-corrected chi connectivity index (χ4v) is 4.66. The minimum Gasteiger partial charge on any atom is -0.496 e. The summed E-state index contributed by atoms with van der Waals surface area (Å²) in [7, 11) is 1.64. The molecule has 1 aliphatic carbocycles.